The smallest absolute Gasteiger partial charge is 0.224 e. The molecule has 27 heavy (non-hydrogen) atoms. The summed E-state index contributed by atoms with van der Waals surface area (Å²) in [5.74, 6) is -1.59. The van der Waals surface area contributed by atoms with Crippen molar-refractivity contribution in [1.82, 2.24) is 4.98 Å². The first-order valence-corrected chi connectivity index (χ1v) is 9.27. The zero-order valence-corrected chi connectivity index (χ0v) is 15.5. The number of amides is 1. The van der Waals surface area contributed by atoms with Gasteiger partial charge in [0.1, 0.15) is 0 Å². The summed E-state index contributed by atoms with van der Waals surface area (Å²) in [7, 11) is 0. The van der Waals surface area contributed by atoms with Crippen LogP contribution >= 0.6 is 11.3 Å². The van der Waals surface area contributed by atoms with Crippen molar-refractivity contribution >= 4 is 39.7 Å². The predicted molar refractivity (Wildman–Crippen MR) is 105 cm³/mol. The lowest BCUT2D eigenvalue weighted by atomic mass is 10.1. The molecule has 0 bridgehead atoms. The van der Waals surface area contributed by atoms with Gasteiger partial charge in [0, 0.05) is 34.7 Å². The average molecular weight is 380 g/mol. The van der Waals surface area contributed by atoms with Gasteiger partial charge in [0.15, 0.2) is 5.13 Å². The van der Waals surface area contributed by atoms with Crippen molar-refractivity contribution in [2.75, 3.05) is 10.6 Å². The van der Waals surface area contributed by atoms with Crippen LogP contribution in [0.4, 0.5) is 16.5 Å². The number of hydrogen-bond acceptors (Lipinski definition) is 6. The fraction of sp³-hybridized carbons (Fsp3) is 0.150. The second kappa shape index (κ2) is 8.46. The minimum Gasteiger partial charge on any atom is -0.550 e. The van der Waals surface area contributed by atoms with E-state index in [4.69, 9.17) is 0 Å². The minimum absolute atomic E-state index is 0.107. The van der Waals surface area contributed by atoms with E-state index in [9.17, 15) is 14.7 Å². The molecule has 0 fully saturated rings. The Labute approximate surface area is 160 Å². The average Bonchev–Trinajstić information content (AvgIpc) is 3.11. The highest BCUT2D eigenvalue weighted by Crippen LogP contribution is 2.28. The van der Waals surface area contributed by atoms with Crippen molar-refractivity contribution in [3.05, 3.63) is 59.5 Å². The molecule has 0 spiro atoms. The number of aliphatic carboxylic acids is 1. The van der Waals surface area contributed by atoms with Gasteiger partial charge in [0.05, 0.1) is 5.69 Å². The molecule has 2 aromatic carbocycles. The second-order valence-electron chi connectivity index (χ2n) is 6.03. The van der Waals surface area contributed by atoms with Gasteiger partial charge < -0.3 is 20.5 Å². The van der Waals surface area contributed by atoms with E-state index in [0.29, 0.717) is 5.69 Å². The molecule has 138 valence electrons. The Bertz CT molecular complexity index is 934. The number of carbonyl (C=O) groups excluding carboxylic acids is 2. The quantitative estimate of drug-likeness (QED) is 0.656. The van der Waals surface area contributed by atoms with E-state index >= 15 is 0 Å². The fourth-order valence-electron chi connectivity index (χ4n) is 2.39. The molecule has 3 rings (SSSR count). The van der Waals surface area contributed by atoms with Gasteiger partial charge in [-0.3, -0.25) is 4.79 Å². The Morgan fingerprint density at radius 2 is 1.67 bits per heavy atom. The number of benzene rings is 2. The van der Waals surface area contributed by atoms with Gasteiger partial charge in [0.2, 0.25) is 5.91 Å². The summed E-state index contributed by atoms with van der Waals surface area (Å²) in [5.41, 5.74) is 4.55. The molecule has 0 aliphatic carbocycles. The van der Waals surface area contributed by atoms with Crippen molar-refractivity contribution in [3.8, 4) is 11.3 Å². The van der Waals surface area contributed by atoms with Crippen LogP contribution < -0.4 is 15.7 Å². The molecule has 6 nitrogen and oxygen atoms in total. The van der Waals surface area contributed by atoms with Gasteiger partial charge in [-0.05, 0) is 37.6 Å². The van der Waals surface area contributed by atoms with E-state index in [-0.39, 0.29) is 18.7 Å². The van der Waals surface area contributed by atoms with Crippen LogP contribution in [-0.2, 0) is 9.59 Å². The monoisotopic (exact) mass is 380 g/mol. The summed E-state index contributed by atoms with van der Waals surface area (Å²) in [4.78, 5) is 26.6. The number of thiazole rings is 1. The molecule has 0 saturated heterocycles. The summed E-state index contributed by atoms with van der Waals surface area (Å²) in [5, 5.41) is 19.1. The molecule has 0 aliphatic heterocycles. The molecule has 2 N–H and O–H groups in total. The first kappa shape index (κ1) is 18.6. The molecule has 3 aromatic rings. The van der Waals surface area contributed by atoms with E-state index in [2.05, 4.69) is 15.6 Å². The molecule has 1 heterocycles. The molecule has 0 unspecified atom stereocenters. The molecule has 1 amide bonds. The third-order valence-corrected chi connectivity index (χ3v) is 4.59. The van der Waals surface area contributed by atoms with E-state index in [1.54, 1.807) is 12.1 Å². The number of carboxylic acids is 1. The Balaban J connectivity index is 1.62. The molecule has 0 aliphatic rings. The zero-order valence-electron chi connectivity index (χ0n) is 14.7. The molecule has 0 saturated carbocycles. The lowest BCUT2D eigenvalue weighted by Gasteiger charge is -2.06. The van der Waals surface area contributed by atoms with Gasteiger partial charge in [-0.25, -0.2) is 4.98 Å². The summed E-state index contributed by atoms with van der Waals surface area (Å²) in [6.07, 6.45) is -0.399. The minimum atomic E-state index is -1.24. The van der Waals surface area contributed by atoms with Crippen LogP contribution in [0.3, 0.4) is 0 Å². The van der Waals surface area contributed by atoms with Gasteiger partial charge in [0.25, 0.3) is 0 Å². The predicted octanol–water partition coefficient (Wildman–Crippen LogP) is 3.33. The molecule has 1 aromatic heterocycles. The van der Waals surface area contributed by atoms with E-state index < -0.39 is 5.97 Å². The maximum absolute atomic E-state index is 11.6. The highest BCUT2D eigenvalue weighted by atomic mass is 32.1. The van der Waals surface area contributed by atoms with Crippen molar-refractivity contribution < 1.29 is 14.7 Å². The summed E-state index contributed by atoms with van der Waals surface area (Å²) in [6, 6.07) is 15.3. The van der Waals surface area contributed by atoms with Crippen molar-refractivity contribution in [2.24, 2.45) is 0 Å². The van der Waals surface area contributed by atoms with Gasteiger partial charge in [-0.15, -0.1) is 11.3 Å². The van der Waals surface area contributed by atoms with Crippen LogP contribution in [0.15, 0.2) is 53.9 Å². The number of hydrogen-bond donors (Lipinski definition) is 2. The van der Waals surface area contributed by atoms with Gasteiger partial charge in [-0.1, -0.05) is 29.8 Å². The Morgan fingerprint density at radius 1 is 1.00 bits per heavy atom. The SMILES string of the molecule is Cc1ccc(Nc2nc(-c3ccc(NC(=O)CCC(=O)[O-])cc3)cs2)cc1. The molecular formula is C20H18N3O3S-. The summed E-state index contributed by atoms with van der Waals surface area (Å²) < 4.78 is 0. The Kier molecular flexibility index (Phi) is 5.83. The third-order valence-electron chi connectivity index (χ3n) is 3.83. The topological polar surface area (TPSA) is 94.2 Å². The van der Waals surface area contributed by atoms with E-state index in [0.717, 1.165) is 22.1 Å². The maximum atomic E-state index is 11.6. The number of aromatic nitrogens is 1. The highest BCUT2D eigenvalue weighted by Gasteiger charge is 2.07. The first-order chi connectivity index (χ1) is 13.0. The zero-order chi connectivity index (χ0) is 19.2. The number of carboxylic acid groups (broad SMARTS) is 1. The van der Waals surface area contributed by atoms with Crippen LogP contribution in [0.2, 0.25) is 0 Å². The van der Waals surface area contributed by atoms with Crippen LogP contribution in [0, 0.1) is 6.92 Å². The van der Waals surface area contributed by atoms with Crippen LogP contribution in [0.1, 0.15) is 18.4 Å². The first-order valence-electron chi connectivity index (χ1n) is 8.39. The number of nitrogens with one attached hydrogen (secondary N) is 2. The number of carbonyl (C=O) groups is 2. The highest BCUT2D eigenvalue weighted by molar-refractivity contribution is 7.14. The largest absolute Gasteiger partial charge is 0.550 e. The number of aryl methyl sites for hydroxylation is 1. The number of rotatable bonds is 7. The van der Waals surface area contributed by atoms with Crippen LogP contribution in [-0.4, -0.2) is 16.9 Å². The van der Waals surface area contributed by atoms with Gasteiger partial charge in [-0.2, -0.15) is 0 Å². The molecular weight excluding hydrogens is 362 g/mol. The van der Waals surface area contributed by atoms with Crippen molar-refractivity contribution in [3.63, 3.8) is 0 Å². The van der Waals surface area contributed by atoms with Crippen molar-refractivity contribution in [2.45, 2.75) is 19.8 Å². The molecule has 0 atom stereocenters. The van der Waals surface area contributed by atoms with Crippen LogP contribution in [0.25, 0.3) is 11.3 Å². The number of nitrogens with zero attached hydrogens (tertiary/aromatic N) is 1. The molecule has 7 heteroatoms. The second-order valence-corrected chi connectivity index (χ2v) is 6.88. The third kappa shape index (κ3) is 5.39. The number of anilines is 3. The standard InChI is InChI=1S/C20H19N3O3S/c1-13-2-6-16(7-3-13)22-20-23-17(12-27-20)14-4-8-15(9-5-14)21-18(24)10-11-19(25)26/h2-9,12H,10-11H2,1H3,(H,21,24)(H,22,23)(H,25,26)/p-1. The van der Waals surface area contributed by atoms with Crippen molar-refractivity contribution in [1.29, 1.82) is 0 Å². The normalized spacial score (nSPS) is 10.4. The van der Waals surface area contributed by atoms with Crippen LogP contribution in [0.5, 0.6) is 0 Å². The Morgan fingerprint density at radius 3 is 2.33 bits per heavy atom. The lowest BCUT2D eigenvalue weighted by Crippen LogP contribution is -2.24. The van der Waals surface area contributed by atoms with E-state index in [1.807, 2.05) is 48.7 Å². The maximum Gasteiger partial charge on any atom is 0.224 e. The summed E-state index contributed by atoms with van der Waals surface area (Å²) >= 11 is 1.51. The fourth-order valence-corrected chi connectivity index (χ4v) is 3.13. The van der Waals surface area contributed by atoms with Gasteiger partial charge >= 0.3 is 0 Å². The lowest BCUT2D eigenvalue weighted by molar-refractivity contribution is -0.305. The molecule has 0 radical (unpaired) electrons. The van der Waals surface area contributed by atoms with E-state index in [1.165, 1.54) is 16.9 Å². The Hall–Kier alpha value is -3.19. The summed E-state index contributed by atoms with van der Waals surface area (Å²) in [6.45, 7) is 2.04.